The number of halogens is 2. The summed E-state index contributed by atoms with van der Waals surface area (Å²) >= 11 is 12.5. The van der Waals surface area contributed by atoms with Crippen molar-refractivity contribution in [2.24, 2.45) is 0 Å². The van der Waals surface area contributed by atoms with Crippen LogP contribution in [-0.4, -0.2) is 46.9 Å². The highest BCUT2D eigenvalue weighted by Gasteiger charge is 2.20. The summed E-state index contributed by atoms with van der Waals surface area (Å²) in [5.41, 5.74) is 4.15. The van der Waals surface area contributed by atoms with Crippen molar-refractivity contribution in [1.29, 1.82) is 0 Å². The van der Waals surface area contributed by atoms with Gasteiger partial charge in [-0.3, -0.25) is 0 Å². The van der Waals surface area contributed by atoms with Crippen molar-refractivity contribution in [3.8, 4) is 0 Å². The van der Waals surface area contributed by atoms with Crippen molar-refractivity contribution in [3.05, 3.63) is 58.3 Å². The lowest BCUT2D eigenvalue weighted by atomic mass is 10.1. The van der Waals surface area contributed by atoms with E-state index in [-0.39, 0.29) is 18.7 Å². The van der Waals surface area contributed by atoms with Crippen LogP contribution in [0.25, 0.3) is 11.0 Å². The highest BCUT2D eigenvalue weighted by molar-refractivity contribution is 6.35. The fraction of sp³-hybridized carbons (Fsp3) is 0.350. The summed E-state index contributed by atoms with van der Waals surface area (Å²) in [4.78, 5) is 6.85. The quantitative estimate of drug-likeness (QED) is 0.695. The summed E-state index contributed by atoms with van der Waals surface area (Å²) in [5, 5.41) is 14.1. The van der Waals surface area contributed by atoms with Gasteiger partial charge in [0.15, 0.2) is 0 Å². The summed E-state index contributed by atoms with van der Waals surface area (Å²) in [7, 11) is 0. The minimum absolute atomic E-state index is 0.0308. The largest absolute Gasteiger partial charge is 0.395 e. The lowest BCUT2D eigenvalue weighted by molar-refractivity contribution is 0.235. The van der Waals surface area contributed by atoms with Crippen molar-refractivity contribution < 1.29 is 5.11 Å². The monoisotopic (exact) mass is 404 g/mol. The Bertz CT molecular complexity index is 958. The van der Waals surface area contributed by atoms with Gasteiger partial charge in [-0.25, -0.2) is 4.98 Å². The first-order chi connectivity index (χ1) is 13.1. The SMILES string of the molecule is CC(c1ccc(Cl)cc1Cl)n1cnc2ccc(N3CCN[C@H](CO)C3)cc21. The number of aliphatic hydroxyl groups is 1. The van der Waals surface area contributed by atoms with Gasteiger partial charge < -0.3 is 19.9 Å². The van der Waals surface area contributed by atoms with Crippen LogP contribution in [0.1, 0.15) is 18.5 Å². The molecule has 1 aliphatic heterocycles. The van der Waals surface area contributed by atoms with E-state index in [0.29, 0.717) is 10.0 Å². The molecule has 7 heteroatoms. The van der Waals surface area contributed by atoms with Gasteiger partial charge in [0.25, 0.3) is 0 Å². The number of aliphatic hydroxyl groups excluding tert-OH is 1. The Labute approximate surface area is 168 Å². The van der Waals surface area contributed by atoms with Crippen LogP contribution < -0.4 is 10.2 Å². The average molecular weight is 405 g/mol. The zero-order valence-corrected chi connectivity index (χ0v) is 16.6. The van der Waals surface area contributed by atoms with Crippen molar-refractivity contribution in [2.75, 3.05) is 31.1 Å². The van der Waals surface area contributed by atoms with Crippen LogP contribution in [0.5, 0.6) is 0 Å². The minimum Gasteiger partial charge on any atom is -0.395 e. The van der Waals surface area contributed by atoms with E-state index in [1.54, 1.807) is 6.07 Å². The van der Waals surface area contributed by atoms with Crippen molar-refractivity contribution in [1.82, 2.24) is 14.9 Å². The second-order valence-electron chi connectivity index (χ2n) is 6.95. The van der Waals surface area contributed by atoms with E-state index in [2.05, 4.69) is 38.8 Å². The van der Waals surface area contributed by atoms with Crippen LogP contribution >= 0.6 is 23.2 Å². The molecule has 1 fully saturated rings. The zero-order valence-electron chi connectivity index (χ0n) is 15.1. The maximum absolute atomic E-state index is 9.46. The fourth-order valence-corrected chi connectivity index (χ4v) is 4.26. The van der Waals surface area contributed by atoms with E-state index in [1.807, 2.05) is 24.5 Å². The third kappa shape index (κ3) is 3.65. The number of aromatic nitrogens is 2. The number of hydrogen-bond acceptors (Lipinski definition) is 4. The maximum Gasteiger partial charge on any atom is 0.0964 e. The third-order valence-corrected chi connectivity index (χ3v) is 5.79. The van der Waals surface area contributed by atoms with Gasteiger partial charge in [0.2, 0.25) is 0 Å². The highest BCUT2D eigenvalue weighted by Crippen LogP contribution is 2.32. The molecule has 0 aliphatic carbocycles. The van der Waals surface area contributed by atoms with E-state index in [9.17, 15) is 5.11 Å². The summed E-state index contributed by atoms with van der Waals surface area (Å²) in [6.45, 7) is 4.81. The number of nitrogens with zero attached hydrogens (tertiary/aromatic N) is 3. The average Bonchev–Trinajstić information content (AvgIpc) is 3.11. The highest BCUT2D eigenvalue weighted by atomic mass is 35.5. The van der Waals surface area contributed by atoms with Crippen molar-refractivity contribution >= 4 is 39.9 Å². The molecule has 0 bridgehead atoms. The van der Waals surface area contributed by atoms with E-state index in [0.717, 1.165) is 41.9 Å². The molecular formula is C20H22Cl2N4O. The summed E-state index contributed by atoms with van der Waals surface area (Å²) in [6.07, 6.45) is 1.86. The van der Waals surface area contributed by atoms with Gasteiger partial charge in [0.1, 0.15) is 0 Å². The molecule has 2 atom stereocenters. The Kier molecular flexibility index (Phi) is 5.28. The molecule has 2 heterocycles. The van der Waals surface area contributed by atoms with Gasteiger partial charge in [0, 0.05) is 41.4 Å². The van der Waals surface area contributed by atoms with Crippen LogP contribution in [0.15, 0.2) is 42.7 Å². The normalized spacial score (nSPS) is 18.8. The number of imidazole rings is 1. The zero-order chi connectivity index (χ0) is 19.0. The number of anilines is 1. The number of rotatable bonds is 4. The fourth-order valence-electron chi connectivity index (χ4n) is 3.69. The predicted molar refractivity (Wildman–Crippen MR) is 111 cm³/mol. The molecule has 5 nitrogen and oxygen atoms in total. The molecule has 0 amide bonds. The molecule has 1 unspecified atom stereocenters. The first-order valence-corrected chi connectivity index (χ1v) is 9.83. The number of piperazine rings is 1. The number of hydrogen-bond donors (Lipinski definition) is 2. The van der Waals surface area contributed by atoms with Crippen LogP contribution in [-0.2, 0) is 0 Å². The molecule has 3 aromatic rings. The lowest BCUT2D eigenvalue weighted by Gasteiger charge is -2.34. The first kappa shape index (κ1) is 18.6. The Hall–Kier alpha value is -1.79. The molecule has 1 aliphatic rings. The maximum atomic E-state index is 9.46. The number of benzene rings is 2. The molecule has 27 heavy (non-hydrogen) atoms. The van der Waals surface area contributed by atoms with Crippen molar-refractivity contribution in [3.63, 3.8) is 0 Å². The van der Waals surface area contributed by atoms with Gasteiger partial charge in [0.05, 0.1) is 30.0 Å². The molecule has 1 saturated heterocycles. The Morgan fingerprint density at radius 3 is 2.89 bits per heavy atom. The number of nitrogens with one attached hydrogen (secondary N) is 1. The third-order valence-electron chi connectivity index (χ3n) is 5.23. The van der Waals surface area contributed by atoms with E-state index in [4.69, 9.17) is 23.2 Å². The molecule has 2 aromatic carbocycles. The van der Waals surface area contributed by atoms with E-state index >= 15 is 0 Å². The summed E-state index contributed by atoms with van der Waals surface area (Å²) in [5.74, 6) is 0. The summed E-state index contributed by atoms with van der Waals surface area (Å²) in [6, 6.07) is 12.0. The predicted octanol–water partition coefficient (Wildman–Crippen LogP) is 3.72. The van der Waals surface area contributed by atoms with Crippen LogP contribution in [0.2, 0.25) is 10.0 Å². The Morgan fingerprint density at radius 1 is 1.26 bits per heavy atom. The minimum atomic E-state index is 0.0308. The second kappa shape index (κ2) is 7.68. The standard InChI is InChI=1S/C20H22Cl2N4O/c1-13(17-4-2-14(21)8-18(17)22)26-12-24-19-5-3-16(9-20(19)26)25-7-6-23-15(10-25)11-27/h2-5,8-9,12-13,15,23,27H,6-7,10-11H2,1H3/t13?,15-/m0/s1. The second-order valence-corrected chi connectivity index (χ2v) is 7.79. The van der Waals surface area contributed by atoms with Gasteiger partial charge in [-0.1, -0.05) is 29.3 Å². The van der Waals surface area contributed by atoms with E-state index < -0.39 is 0 Å². The van der Waals surface area contributed by atoms with Gasteiger partial charge >= 0.3 is 0 Å². The van der Waals surface area contributed by atoms with Crippen LogP contribution in [0.4, 0.5) is 5.69 Å². The van der Waals surface area contributed by atoms with Gasteiger partial charge in [-0.15, -0.1) is 0 Å². The molecule has 2 N–H and O–H groups in total. The van der Waals surface area contributed by atoms with Crippen LogP contribution in [0, 0.1) is 0 Å². The molecule has 0 radical (unpaired) electrons. The molecule has 142 valence electrons. The Balaban J connectivity index is 1.70. The lowest BCUT2D eigenvalue weighted by Crippen LogP contribution is -2.52. The van der Waals surface area contributed by atoms with Gasteiger partial charge in [-0.05, 0) is 42.8 Å². The molecule has 0 spiro atoms. The molecule has 4 rings (SSSR count). The summed E-state index contributed by atoms with van der Waals surface area (Å²) < 4.78 is 2.14. The molecule has 1 aromatic heterocycles. The topological polar surface area (TPSA) is 53.3 Å². The number of fused-ring (bicyclic) bond motifs is 1. The van der Waals surface area contributed by atoms with Crippen molar-refractivity contribution in [2.45, 2.75) is 19.0 Å². The van der Waals surface area contributed by atoms with Gasteiger partial charge in [-0.2, -0.15) is 0 Å². The van der Waals surface area contributed by atoms with Crippen LogP contribution in [0.3, 0.4) is 0 Å². The first-order valence-electron chi connectivity index (χ1n) is 9.07. The molecule has 0 saturated carbocycles. The smallest absolute Gasteiger partial charge is 0.0964 e. The Morgan fingerprint density at radius 2 is 2.11 bits per heavy atom. The molecular weight excluding hydrogens is 383 g/mol. The van der Waals surface area contributed by atoms with E-state index in [1.165, 1.54) is 0 Å².